The maximum atomic E-state index is 13.4. The van der Waals surface area contributed by atoms with Gasteiger partial charge >= 0.3 is 5.97 Å². The number of halogens is 3. The molecule has 1 heterocycles. The standard InChI is InChI=1S/C19H12ClF2N3O5S/c1-9(30-18(27)12-7-11(25(28)29)3-4-13(12)20)17(26)24-19-23-16(8-31-19)10-2-5-14(21)15(22)6-10/h2-9H,1H3,(H,23,24,26). The number of carbonyl (C=O) groups excluding carboxylic acids is 2. The van der Waals surface area contributed by atoms with Gasteiger partial charge in [0.1, 0.15) is 0 Å². The number of rotatable bonds is 6. The van der Waals surface area contributed by atoms with Crippen molar-refractivity contribution in [2.75, 3.05) is 5.32 Å². The first-order valence-electron chi connectivity index (χ1n) is 8.52. The fourth-order valence-corrected chi connectivity index (χ4v) is 3.30. The van der Waals surface area contributed by atoms with Crippen molar-refractivity contribution in [2.24, 2.45) is 0 Å². The van der Waals surface area contributed by atoms with Crippen LogP contribution < -0.4 is 5.32 Å². The Labute approximate surface area is 182 Å². The summed E-state index contributed by atoms with van der Waals surface area (Å²) in [4.78, 5) is 38.9. The van der Waals surface area contributed by atoms with Crippen molar-refractivity contribution in [3.05, 3.63) is 74.1 Å². The summed E-state index contributed by atoms with van der Waals surface area (Å²) in [5.74, 6) is -3.76. The molecule has 12 heteroatoms. The summed E-state index contributed by atoms with van der Waals surface area (Å²) in [6.07, 6.45) is -1.28. The van der Waals surface area contributed by atoms with Gasteiger partial charge in [0.25, 0.3) is 11.6 Å². The van der Waals surface area contributed by atoms with Crippen molar-refractivity contribution >= 4 is 45.6 Å². The van der Waals surface area contributed by atoms with E-state index in [1.807, 2.05) is 0 Å². The molecule has 0 spiro atoms. The quantitative estimate of drug-likeness (QED) is 0.315. The minimum Gasteiger partial charge on any atom is -0.449 e. The zero-order valence-corrected chi connectivity index (χ0v) is 17.2. The van der Waals surface area contributed by atoms with Crippen LogP contribution in [0.4, 0.5) is 19.6 Å². The van der Waals surface area contributed by atoms with Crippen molar-refractivity contribution in [3.8, 4) is 11.3 Å². The molecule has 0 bridgehead atoms. The zero-order chi connectivity index (χ0) is 22.7. The first kappa shape index (κ1) is 22.2. The molecule has 0 radical (unpaired) electrons. The number of nitro benzene ring substituents is 1. The molecular formula is C19H12ClF2N3O5S. The Morgan fingerprint density at radius 3 is 2.65 bits per heavy atom. The molecule has 1 unspecified atom stereocenters. The van der Waals surface area contributed by atoms with Crippen LogP contribution in [0.2, 0.25) is 5.02 Å². The summed E-state index contributed by atoms with van der Waals surface area (Å²) in [6.45, 7) is 1.29. The highest BCUT2D eigenvalue weighted by Crippen LogP contribution is 2.27. The van der Waals surface area contributed by atoms with Crippen molar-refractivity contribution in [3.63, 3.8) is 0 Å². The van der Waals surface area contributed by atoms with E-state index in [1.165, 1.54) is 24.4 Å². The van der Waals surface area contributed by atoms with Crippen LogP contribution >= 0.6 is 22.9 Å². The van der Waals surface area contributed by atoms with Crippen molar-refractivity contribution < 1.29 is 28.0 Å². The molecule has 0 saturated carbocycles. The molecule has 0 aliphatic heterocycles. The van der Waals surface area contributed by atoms with E-state index in [0.717, 1.165) is 35.6 Å². The monoisotopic (exact) mass is 467 g/mol. The van der Waals surface area contributed by atoms with E-state index in [2.05, 4.69) is 10.3 Å². The maximum absolute atomic E-state index is 13.4. The maximum Gasteiger partial charge on any atom is 0.340 e. The molecule has 0 saturated heterocycles. The molecule has 1 N–H and O–H groups in total. The largest absolute Gasteiger partial charge is 0.449 e. The summed E-state index contributed by atoms with van der Waals surface area (Å²) in [5, 5.41) is 14.9. The highest BCUT2D eigenvalue weighted by molar-refractivity contribution is 7.14. The van der Waals surface area contributed by atoms with Crippen LogP contribution in [0, 0.1) is 21.7 Å². The number of anilines is 1. The Morgan fingerprint density at radius 2 is 1.97 bits per heavy atom. The molecular weight excluding hydrogens is 456 g/mol. The topological polar surface area (TPSA) is 111 Å². The van der Waals surface area contributed by atoms with Gasteiger partial charge in [-0.3, -0.25) is 20.2 Å². The Bertz CT molecular complexity index is 1190. The Hall–Kier alpha value is -3.44. The molecule has 160 valence electrons. The number of hydrogen-bond acceptors (Lipinski definition) is 7. The molecule has 3 rings (SSSR count). The molecule has 0 fully saturated rings. The van der Waals surface area contributed by atoms with Gasteiger partial charge in [-0.05, 0) is 31.2 Å². The van der Waals surface area contributed by atoms with Gasteiger partial charge in [0.2, 0.25) is 0 Å². The number of thiazole rings is 1. The molecule has 8 nitrogen and oxygen atoms in total. The number of nitrogens with zero attached hydrogens (tertiary/aromatic N) is 2. The highest BCUT2D eigenvalue weighted by Gasteiger charge is 2.23. The van der Waals surface area contributed by atoms with Crippen molar-refractivity contribution in [2.45, 2.75) is 13.0 Å². The van der Waals surface area contributed by atoms with Gasteiger partial charge in [0.15, 0.2) is 22.9 Å². The molecule has 2 aromatic carbocycles. The Morgan fingerprint density at radius 1 is 1.23 bits per heavy atom. The van der Waals surface area contributed by atoms with Gasteiger partial charge in [-0.15, -0.1) is 11.3 Å². The summed E-state index contributed by atoms with van der Waals surface area (Å²) < 4.78 is 31.5. The third kappa shape index (κ3) is 5.19. The van der Waals surface area contributed by atoms with E-state index >= 15 is 0 Å². The summed E-state index contributed by atoms with van der Waals surface area (Å²) in [6, 6.07) is 6.53. The number of ether oxygens (including phenoxy) is 1. The number of non-ortho nitro benzene ring substituents is 1. The Balaban J connectivity index is 1.67. The van der Waals surface area contributed by atoms with Gasteiger partial charge in [0.05, 0.1) is 21.2 Å². The third-order valence-electron chi connectivity index (χ3n) is 3.98. The molecule has 1 aromatic heterocycles. The number of benzene rings is 2. The van der Waals surface area contributed by atoms with E-state index in [9.17, 15) is 28.5 Å². The minimum absolute atomic E-state index is 0.0701. The van der Waals surface area contributed by atoms with Crippen LogP contribution in [0.5, 0.6) is 0 Å². The highest BCUT2D eigenvalue weighted by atomic mass is 35.5. The van der Waals surface area contributed by atoms with Gasteiger partial charge in [-0.2, -0.15) is 0 Å². The van der Waals surface area contributed by atoms with Crippen LogP contribution in [0.1, 0.15) is 17.3 Å². The second-order valence-corrected chi connectivity index (χ2v) is 7.39. The van der Waals surface area contributed by atoms with Crippen LogP contribution in [0.3, 0.4) is 0 Å². The number of carbonyl (C=O) groups is 2. The number of amides is 1. The van der Waals surface area contributed by atoms with E-state index in [4.69, 9.17) is 16.3 Å². The number of esters is 1. The number of nitrogens with one attached hydrogen (secondary N) is 1. The van der Waals surface area contributed by atoms with Gasteiger partial charge in [0, 0.05) is 23.1 Å². The molecule has 0 aliphatic carbocycles. The molecule has 1 amide bonds. The van der Waals surface area contributed by atoms with Crippen LogP contribution in [0.25, 0.3) is 11.3 Å². The van der Waals surface area contributed by atoms with E-state index in [-0.39, 0.29) is 21.4 Å². The first-order valence-corrected chi connectivity index (χ1v) is 9.78. The van der Waals surface area contributed by atoms with Crippen LogP contribution in [0.15, 0.2) is 41.8 Å². The normalized spacial score (nSPS) is 11.6. The van der Waals surface area contributed by atoms with Crippen molar-refractivity contribution in [1.82, 2.24) is 4.98 Å². The molecule has 3 aromatic rings. The predicted octanol–water partition coefficient (Wildman–Crippen LogP) is 4.83. The number of hydrogen-bond donors (Lipinski definition) is 1. The lowest BCUT2D eigenvalue weighted by atomic mass is 10.2. The van der Waals surface area contributed by atoms with Gasteiger partial charge < -0.3 is 4.74 Å². The second kappa shape index (κ2) is 9.14. The first-order chi connectivity index (χ1) is 14.7. The van der Waals surface area contributed by atoms with Crippen molar-refractivity contribution in [1.29, 1.82) is 0 Å². The predicted molar refractivity (Wildman–Crippen MR) is 109 cm³/mol. The SMILES string of the molecule is CC(OC(=O)c1cc([N+](=O)[O-])ccc1Cl)C(=O)Nc1nc(-c2ccc(F)c(F)c2)cs1. The average molecular weight is 468 g/mol. The lowest BCUT2D eigenvalue weighted by Gasteiger charge is -2.13. The summed E-state index contributed by atoms with van der Waals surface area (Å²) >= 11 is 6.92. The fraction of sp³-hybridized carbons (Fsp3) is 0.105. The van der Waals surface area contributed by atoms with Gasteiger partial charge in [-0.1, -0.05) is 11.6 Å². The van der Waals surface area contributed by atoms with Crippen LogP contribution in [-0.2, 0) is 9.53 Å². The third-order valence-corrected chi connectivity index (χ3v) is 5.07. The number of aromatic nitrogens is 1. The lowest BCUT2D eigenvalue weighted by molar-refractivity contribution is -0.384. The number of nitro groups is 1. The smallest absolute Gasteiger partial charge is 0.340 e. The van der Waals surface area contributed by atoms with Crippen LogP contribution in [-0.4, -0.2) is 27.9 Å². The second-order valence-electron chi connectivity index (χ2n) is 6.12. The average Bonchev–Trinajstić information content (AvgIpc) is 3.18. The molecule has 1 atom stereocenters. The van der Waals surface area contributed by atoms with E-state index < -0.39 is 34.5 Å². The summed E-state index contributed by atoms with van der Waals surface area (Å²) in [7, 11) is 0. The molecule has 0 aliphatic rings. The van der Waals surface area contributed by atoms with Gasteiger partial charge in [-0.25, -0.2) is 18.6 Å². The zero-order valence-electron chi connectivity index (χ0n) is 15.6. The summed E-state index contributed by atoms with van der Waals surface area (Å²) in [5.41, 5.74) is 0.00838. The minimum atomic E-state index is -1.28. The van der Waals surface area contributed by atoms with E-state index in [0.29, 0.717) is 11.3 Å². The lowest BCUT2D eigenvalue weighted by Crippen LogP contribution is -2.30. The Kier molecular flexibility index (Phi) is 6.56. The molecule has 31 heavy (non-hydrogen) atoms. The fourth-order valence-electron chi connectivity index (χ4n) is 2.39. The van der Waals surface area contributed by atoms with E-state index in [1.54, 1.807) is 0 Å².